The summed E-state index contributed by atoms with van der Waals surface area (Å²) in [5, 5.41) is 3.86. The second kappa shape index (κ2) is 6.97. The fraction of sp³-hybridized carbons (Fsp3) is 0.636. The molecule has 0 spiro atoms. The van der Waals surface area contributed by atoms with Gasteiger partial charge in [0, 0.05) is 37.3 Å². The number of benzene rings is 1. The molecule has 1 unspecified atom stereocenters. The molecule has 152 valence electrons. The molecule has 0 aromatic heterocycles. The van der Waals surface area contributed by atoms with Crippen molar-refractivity contribution in [2.45, 2.75) is 62.3 Å². The standard InChI is InChI=1S/C22H30N2O3S/c1-27-21-13-22-16(8-10-28(22,25)26)12-20(21)24-9-7-18-17(14-24)11-19(23-18)15-5-3-2-4-6-15/h12-13,15,19,23H,2-11,14H2,1H3. The Balaban J connectivity index is 1.37. The Morgan fingerprint density at radius 1 is 1.14 bits per heavy atom. The van der Waals surface area contributed by atoms with Gasteiger partial charge >= 0.3 is 0 Å². The molecule has 1 aromatic carbocycles. The van der Waals surface area contributed by atoms with Crippen LogP contribution in [0, 0.1) is 5.92 Å². The van der Waals surface area contributed by atoms with Crippen LogP contribution in [0.5, 0.6) is 5.75 Å². The number of aryl methyl sites for hydroxylation is 1. The number of nitrogens with one attached hydrogen (secondary N) is 1. The summed E-state index contributed by atoms with van der Waals surface area (Å²) in [7, 11) is -1.50. The Hall–Kier alpha value is -1.69. The summed E-state index contributed by atoms with van der Waals surface area (Å²) in [5.41, 5.74) is 5.00. The minimum absolute atomic E-state index is 0.219. The Morgan fingerprint density at radius 2 is 1.96 bits per heavy atom. The van der Waals surface area contributed by atoms with Crippen LogP contribution in [0.3, 0.4) is 0 Å². The van der Waals surface area contributed by atoms with Crippen molar-refractivity contribution < 1.29 is 13.2 Å². The van der Waals surface area contributed by atoms with Gasteiger partial charge in [0.05, 0.1) is 23.4 Å². The third kappa shape index (κ3) is 3.10. The van der Waals surface area contributed by atoms with Crippen LogP contribution in [-0.4, -0.2) is 40.4 Å². The van der Waals surface area contributed by atoms with Crippen molar-refractivity contribution in [3.05, 3.63) is 29.0 Å². The van der Waals surface area contributed by atoms with E-state index in [1.165, 1.54) is 43.4 Å². The van der Waals surface area contributed by atoms with E-state index < -0.39 is 9.84 Å². The summed E-state index contributed by atoms with van der Waals surface area (Å²) in [6, 6.07) is 4.43. The van der Waals surface area contributed by atoms with E-state index in [2.05, 4.69) is 16.3 Å². The van der Waals surface area contributed by atoms with Gasteiger partial charge in [-0.05, 0) is 48.8 Å². The van der Waals surface area contributed by atoms with Crippen LogP contribution in [-0.2, 0) is 16.3 Å². The van der Waals surface area contributed by atoms with Crippen molar-refractivity contribution in [3.63, 3.8) is 0 Å². The molecule has 6 heteroatoms. The first kappa shape index (κ1) is 18.3. The number of ether oxygens (including phenoxy) is 1. The zero-order chi connectivity index (χ0) is 19.3. The molecule has 1 atom stereocenters. The SMILES string of the molecule is COc1cc2c(cc1N1CCC3=C(CC(C4CCCCC4)N3)C1)CCS2(=O)=O. The van der Waals surface area contributed by atoms with Gasteiger partial charge in [0.2, 0.25) is 0 Å². The maximum absolute atomic E-state index is 12.3. The number of sulfone groups is 1. The van der Waals surface area contributed by atoms with Gasteiger partial charge in [-0.2, -0.15) is 0 Å². The molecule has 0 radical (unpaired) electrons. The average Bonchev–Trinajstić information content (AvgIpc) is 3.27. The number of methoxy groups -OCH3 is 1. The summed E-state index contributed by atoms with van der Waals surface area (Å²) >= 11 is 0. The highest BCUT2D eigenvalue weighted by molar-refractivity contribution is 7.91. The number of fused-ring (bicyclic) bond motifs is 1. The molecule has 3 heterocycles. The summed E-state index contributed by atoms with van der Waals surface area (Å²) in [4.78, 5) is 2.85. The molecular formula is C22H30N2O3S. The first-order valence-corrected chi connectivity index (χ1v) is 12.4. The summed E-state index contributed by atoms with van der Waals surface area (Å²) in [5.74, 6) is 1.73. The van der Waals surface area contributed by atoms with Crippen LogP contribution in [0.4, 0.5) is 5.69 Å². The quantitative estimate of drug-likeness (QED) is 0.839. The number of nitrogens with zero attached hydrogens (tertiary/aromatic N) is 1. The van der Waals surface area contributed by atoms with Gasteiger partial charge in [0.1, 0.15) is 5.75 Å². The molecular weight excluding hydrogens is 372 g/mol. The molecule has 5 nitrogen and oxygen atoms in total. The van der Waals surface area contributed by atoms with Crippen LogP contribution in [0.2, 0.25) is 0 Å². The van der Waals surface area contributed by atoms with Crippen molar-refractivity contribution in [2.75, 3.05) is 30.9 Å². The maximum atomic E-state index is 12.3. The Kier molecular flexibility index (Phi) is 4.57. The number of hydrogen-bond acceptors (Lipinski definition) is 5. The van der Waals surface area contributed by atoms with Crippen LogP contribution >= 0.6 is 0 Å². The molecule has 3 aliphatic heterocycles. The largest absolute Gasteiger partial charge is 0.495 e. The zero-order valence-corrected chi connectivity index (χ0v) is 17.5. The van der Waals surface area contributed by atoms with Gasteiger partial charge in [-0.3, -0.25) is 0 Å². The molecule has 1 aliphatic carbocycles. The normalized spacial score (nSPS) is 26.8. The number of hydrogen-bond donors (Lipinski definition) is 1. The second-order valence-corrected chi connectivity index (χ2v) is 10.9. The minimum atomic E-state index is -3.14. The number of rotatable bonds is 3. The van der Waals surface area contributed by atoms with Crippen LogP contribution in [0.25, 0.3) is 0 Å². The highest BCUT2D eigenvalue weighted by atomic mass is 32.2. The van der Waals surface area contributed by atoms with Crippen molar-refractivity contribution in [1.82, 2.24) is 5.32 Å². The lowest BCUT2D eigenvalue weighted by Crippen LogP contribution is -2.34. The molecule has 1 fully saturated rings. The second-order valence-electron chi connectivity index (χ2n) is 8.81. The van der Waals surface area contributed by atoms with Gasteiger partial charge in [-0.1, -0.05) is 19.3 Å². The van der Waals surface area contributed by atoms with Crippen molar-refractivity contribution >= 4 is 15.5 Å². The minimum Gasteiger partial charge on any atom is -0.495 e. The van der Waals surface area contributed by atoms with Crippen molar-refractivity contribution in [1.29, 1.82) is 0 Å². The maximum Gasteiger partial charge on any atom is 0.179 e. The van der Waals surface area contributed by atoms with Gasteiger partial charge in [0.15, 0.2) is 9.84 Å². The molecule has 4 aliphatic rings. The third-order valence-corrected chi connectivity index (χ3v) is 8.95. The van der Waals surface area contributed by atoms with Crippen LogP contribution in [0.15, 0.2) is 28.3 Å². The monoisotopic (exact) mass is 402 g/mol. The molecule has 1 aromatic rings. The highest BCUT2D eigenvalue weighted by Gasteiger charge is 2.35. The first-order chi connectivity index (χ1) is 13.5. The summed E-state index contributed by atoms with van der Waals surface area (Å²) in [6.45, 7) is 1.87. The lowest BCUT2D eigenvalue weighted by molar-refractivity contribution is 0.288. The Bertz CT molecular complexity index is 916. The molecule has 1 saturated carbocycles. The van der Waals surface area contributed by atoms with Crippen LogP contribution in [0.1, 0.15) is 50.5 Å². The summed E-state index contributed by atoms with van der Waals surface area (Å²) in [6.07, 6.45) is 9.73. The van der Waals surface area contributed by atoms with E-state index >= 15 is 0 Å². The molecule has 28 heavy (non-hydrogen) atoms. The molecule has 0 amide bonds. The van der Waals surface area contributed by atoms with E-state index in [9.17, 15) is 8.42 Å². The average molecular weight is 403 g/mol. The van der Waals surface area contributed by atoms with E-state index in [4.69, 9.17) is 4.74 Å². The van der Waals surface area contributed by atoms with E-state index in [0.29, 0.717) is 23.1 Å². The van der Waals surface area contributed by atoms with Gasteiger partial charge in [0.25, 0.3) is 0 Å². The number of anilines is 1. The molecule has 5 rings (SSSR count). The fourth-order valence-corrected chi connectivity index (χ4v) is 7.16. The van der Waals surface area contributed by atoms with Gasteiger partial charge in [-0.15, -0.1) is 0 Å². The lowest BCUT2D eigenvalue weighted by Gasteiger charge is -2.31. The van der Waals surface area contributed by atoms with E-state index in [1.54, 1.807) is 13.2 Å². The van der Waals surface area contributed by atoms with Crippen LogP contribution < -0.4 is 15.0 Å². The first-order valence-electron chi connectivity index (χ1n) is 10.7. The lowest BCUT2D eigenvalue weighted by atomic mass is 9.82. The van der Waals surface area contributed by atoms with Gasteiger partial charge < -0.3 is 15.0 Å². The molecule has 0 bridgehead atoms. The van der Waals surface area contributed by atoms with E-state index in [0.717, 1.165) is 43.1 Å². The smallest absolute Gasteiger partial charge is 0.179 e. The van der Waals surface area contributed by atoms with Gasteiger partial charge in [-0.25, -0.2) is 8.42 Å². The van der Waals surface area contributed by atoms with Crippen molar-refractivity contribution in [3.8, 4) is 5.75 Å². The Morgan fingerprint density at radius 3 is 2.75 bits per heavy atom. The van der Waals surface area contributed by atoms with E-state index in [-0.39, 0.29) is 5.75 Å². The Labute approximate surface area is 168 Å². The fourth-order valence-electron chi connectivity index (χ4n) is 5.60. The third-order valence-electron chi connectivity index (χ3n) is 7.16. The predicted molar refractivity (Wildman–Crippen MR) is 111 cm³/mol. The predicted octanol–water partition coefficient (Wildman–Crippen LogP) is 3.43. The summed E-state index contributed by atoms with van der Waals surface area (Å²) < 4.78 is 30.1. The van der Waals surface area contributed by atoms with E-state index in [1.807, 2.05) is 0 Å². The zero-order valence-electron chi connectivity index (χ0n) is 16.7. The van der Waals surface area contributed by atoms with Crippen molar-refractivity contribution in [2.24, 2.45) is 5.92 Å². The topological polar surface area (TPSA) is 58.6 Å². The molecule has 1 N–H and O–H groups in total. The molecule has 0 saturated heterocycles. The highest BCUT2D eigenvalue weighted by Crippen LogP contribution is 2.41.